The Kier molecular flexibility index (Phi) is 7.69. The topological polar surface area (TPSA) is 50.6 Å². The highest BCUT2D eigenvalue weighted by Gasteiger charge is 2.28. The minimum absolute atomic E-state index is 0.126. The average molecular weight is 399 g/mol. The third kappa shape index (κ3) is 5.82. The van der Waals surface area contributed by atoms with Gasteiger partial charge < -0.3 is 14.2 Å². The number of rotatable bonds is 9. The van der Waals surface area contributed by atoms with E-state index in [-0.39, 0.29) is 5.92 Å². The normalized spacial score (nSPS) is 17.3. The number of aryl methyl sites for hydroxylation is 1. The largest absolute Gasteiger partial charge is 0.492 e. The van der Waals surface area contributed by atoms with Crippen LogP contribution in [-0.2, 0) is 17.9 Å². The minimum Gasteiger partial charge on any atom is -0.492 e. The number of carbonyl (C=O) groups is 1. The Labute approximate surface area is 174 Å². The van der Waals surface area contributed by atoms with E-state index in [0.29, 0.717) is 12.5 Å². The summed E-state index contributed by atoms with van der Waals surface area (Å²) in [6.45, 7) is 11.9. The Bertz CT molecular complexity index is 785. The van der Waals surface area contributed by atoms with Gasteiger partial charge in [0.05, 0.1) is 12.5 Å². The molecular weight excluding hydrogens is 364 g/mol. The summed E-state index contributed by atoms with van der Waals surface area (Å²) in [4.78, 5) is 21.3. The zero-order valence-electron chi connectivity index (χ0n) is 18.0. The molecule has 1 aromatic heterocycles. The van der Waals surface area contributed by atoms with E-state index in [1.807, 2.05) is 30.3 Å². The monoisotopic (exact) mass is 398 g/mol. The number of hydrogen-bond donors (Lipinski definition) is 0. The van der Waals surface area contributed by atoms with Crippen LogP contribution in [0, 0.1) is 12.8 Å². The molecule has 0 bridgehead atoms. The molecule has 0 aliphatic carbocycles. The van der Waals surface area contributed by atoms with Crippen LogP contribution in [-0.4, -0.2) is 58.0 Å². The van der Waals surface area contributed by atoms with E-state index in [1.165, 1.54) is 5.56 Å². The first-order valence-corrected chi connectivity index (χ1v) is 10.8. The highest BCUT2D eigenvalue weighted by molar-refractivity contribution is 5.79. The molecule has 0 spiro atoms. The standard InChI is InChI=1S/C23H34N4O2/c1-4-26(5-2)23(28)21-9-7-12-25(18-21)17-20-8-6-10-22(16-20)29-15-14-27-13-11-24-19(27)3/h6,8,10-11,13,16,21H,4-5,7,9,12,14-15,17-18H2,1-3H3. The van der Waals surface area contributed by atoms with Crippen molar-refractivity contribution in [2.75, 3.05) is 32.8 Å². The maximum atomic E-state index is 12.7. The summed E-state index contributed by atoms with van der Waals surface area (Å²) in [5.41, 5.74) is 1.23. The van der Waals surface area contributed by atoms with Crippen LogP contribution in [0.15, 0.2) is 36.7 Å². The first-order valence-electron chi connectivity index (χ1n) is 10.8. The third-order valence-electron chi connectivity index (χ3n) is 5.76. The van der Waals surface area contributed by atoms with E-state index in [4.69, 9.17) is 4.74 Å². The summed E-state index contributed by atoms with van der Waals surface area (Å²) in [5.74, 6) is 2.34. The van der Waals surface area contributed by atoms with E-state index in [2.05, 4.69) is 46.5 Å². The molecule has 1 aliphatic rings. The molecule has 1 unspecified atom stereocenters. The smallest absolute Gasteiger partial charge is 0.226 e. The van der Waals surface area contributed by atoms with Gasteiger partial charge in [0.1, 0.15) is 18.2 Å². The van der Waals surface area contributed by atoms with Gasteiger partial charge in [0.25, 0.3) is 0 Å². The Morgan fingerprint density at radius 2 is 2.14 bits per heavy atom. The minimum atomic E-state index is 0.126. The molecule has 0 radical (unpaired) electrons. The summed E-state index contributed by atoms with van der Waals surface area (Å²) in [6, 6.07) is 8.32. The Balaban J connectivity index is 1.52. The predicted octanol–water partition coefficient (Wildman–Crippen LogP) is 3.35. The zero-order chi connectivity index (χ0) is 20.6. The molecule has 3 rings (SSSR count). The Morgan fingerprint density at radius 3 is 2.86 bits per heavy atom. The van der Waals surface area contributed by atoms with Crippen LogP contribution in [0.2, 0.25) is 0 Å². The fourth-order valence-electron chi connectivity index (χ4n) is 4.09. The predicted molar refractivity (Wildman–Crippen MR) is 115 cm³/mol. The highest BCUT2D eigenvalue weighted by atomic mass is 16.5. The molecule has 1 aliphatic heterocycles. The molecule has 6 nitrogen and oxygen atoms in total. The summed E-state index contributed by atoms with van der Waals surface area (Å²) in [6.07, 6.45) is 5.87. The van der Waals surface area contributed by atoms with Gasteiger partial charge in [-0.05, 0) is 57.9 Å². The van der Waals surface area contributed by atoms with E-state index in [0.717, 1.165) is 63.7 Å². The summed E-state index contributed by atoms with van der Waals surface area (Å²) in [7, 11) is 0. The molecule has 6 heteroatoms. The van der Waals surface area contributed by atoms with Gasteiger partial charge in [-0.1, -0.05) is 12.1 Å². The molecular formula is C23H34N4O2. The third-order valence-corrected chi connectivity index (χ3v) is 5.76. The van der Waals surface area contributed by atoms with Gasteiger partial charge >= 0.3 is 0 Å². The summed E-state index contributed by atoms with van der Waals surface area (Å²) >= 11 is 0. The maximum absolute atomic E-state index is 12.7. The van der Waals surface area contributed by atoms with Crippen molar-refractivity contribution in [2.45, 2.75) is 46.7 Å². The van der Waals surface area contributed by atoms with E-state index >= 15 is 0 Å². The van der Waals surface area contributed by atoms with Gasteiger partial charge in [0.2, 0.25) is 5.91 Å². The number of amides is 1. The van der Waals surface area contributed by atoms with Gasteiger partial charge in [0.15, 0.2) is 0 Å². The van der Waals surface area contributed by atoms with Gasteiger partial charge in [-0.2, -0.15) is 0 Å². The maximum Gasteiger partial charge on any atom is 0.226 e. The SMILES string of the molecule is CCN(CC)C(=O)C1CCCN(Cc2cccc(OCCn3ccnc3C)c2)C1. The second kappa shape index (κ2) is 10.4. The lowest BCUT2D eigenvalue weighted by molar-refractivity contribution is -0.137. The zero-order valence-corrected chi connectivity index (χ0v) is 18.0. The van der Waals surface area contributed by atoms with Crippen LogP contribution in [0.1, 0.15) is 38.1 Å². The molecule has 2 aromatic rings. The van der Waals surface area contributed by atoms with Crippen LogP contribution < -0.4 is 4.74 Å². The number of ether oxygens (including phenoxy) is 1. The molecule has 1 amide bonds. The molecule has 2 heterocycles. The number of likely N-dealkylation sites (tertiary alicyclic amines) is 1. The van der Waals surface area contributed by atoms with Crippen LogP contribution >= 0.6 is 0 Å². The Morgan fingerprint density at radius 1 is 1.31 bits per heavy atom. The van der Waals surface area contributed by atoms with Crippen molar-refractivity contribution < 1.29 is 9.53 Å². The summed E-state index contributed by atoms with van der Waals surface area (Å²) in [5, 5.41) is 0. The number of piperidine rings is 1. The number of hydrogen-bond acceptors (Lipinski definition) is 4. The lowest BCUT2D eigenvalue weighted by atomic mass is 9.96. The number of nitrogens with zero attached hydrogens (tertiary/aromatic N) is 4. The summed E-state index contributed by atoms with van der Waals surface area (Å²) < 4.78 is 8.04. The quantitative estimate of drug-likeness (QED) is 0.650. The number of benzene rings is 1. The van der Waals surface area contributed by atoms with Crippen LogP contribution in [0.5, 0.6) is 5.75 Å². The first kappa shape index (κ1) is 21.4. The van der Waals surface area contributed by atoms with Crippen LogP contribution in [0.4, 0.5) is 0 Å². The lowest BCUT2D eigenvalue weighted by Crippen LogP contribution is -2.44. The fourth-order valence-corrected chi connectivity index (χ4v) is 4.09. The van der Waals surface area contributed by atoms with Crippen molar-refractivity contribution in [2.24, 2.45) is 5.92 Å². The van der Waals surface area contributed by atoms with E-state index in [1.54, 1.807) is 0 Å². The second-order valence-electron chi connectivity index (χ2n) is 7.75. The number of imidazole rings is 1. The highest BCUT2D eigenvalue weighted by Crippen LogP contribution is 2.22. The second-order valence-corrected chi connectivity index (χ2v) is 7.75. The molecule has 1 saturated heterocycles. The molecule has 29 heavy (non-hydrogen) atoms. The Hall–Kier alpha value is -2.34. The fraction of sp³-hybridized carbons (Fsp3) is 0.565. The van der Waals surface area contributed by atoms with Crippen molar-refractivity contribution in [1.29, 1.82) is 0 Å². The van der Waals surface area contributed by atoms with Gasteiger partial charge in [-0.3, -0.25) is 9.69 Å². The lowest BCUT2D eigenvalue weighted by Gasteiger charge is -2.34. The van der Waals surface area contributed by atoms with Crippen molar-refractivity contribution in [3.63, 3.8) is 0 Å². The number of aromatic nitrogens is 2. The molecule has 0 N–H and O–H groups in total. The number of carbonyl (C=O) groups excluding carboxylic acids is 1. The van der Waals surface area contributed by atoms with Gasteiger partial charge in [-0.25, -0.2) is 4.98 Å². The molecule has 1 aromatic carbocycles. The van der Waals surface area contributed by atoms with Crippen LogP contribution in [0.3, 0.4) is 0 Å². The molecule has 1 fully saturated rings. The van der Waals surface area contributed by atoms with E-state index < -0.39 is 0 Å². The van der Waals surface area contributed by atoms with Crippen molar-refractivity contribution in [3.8, 4) is 5.75 Å². The first-order chi connectivity index (χ1) is 14.1. The molecule has 0 saturated carbocycles. The van der Waals surface area contributed by atoms with Gasteiger partial charge in [0, 0.05) is 38.6 Å². The average Bonchev–Trinajstić information content (AvgIpc) is 3.14. The van der Waals surface area contributed by atoms with E-state index in [9.17, 15) is 4.79 Å². The molecule has 158 valence electrons. The van der Waals surface area contributed by atoms with Crippen molar-refractivity contribution in [1.82, 2.24) is 19.4 Å². The van der Waals surface area contributed by atoms with Crippen molar-refractivity contribution in [3.05, 3.63) is 48.0 Å². The molecule has 1 atom stereocenters. The van der Waals surface area contributed by atoms with Gasteiger partial charge in [-0.15, -0.1) is 0 Å². The van der Waals surface area contributed by atoms with Crippen molar-refractivity contribution >= 4 is 5.91 Å². The van der Waals surface area contributed by atoms with Crippen LogP contribution in [0.25, 0.3) is 0 Å².